The van der Waals surface area contributed by atoms with Crippen LogP contribution >= 0.6 is 0 Å². The van der Waals surface area contributed by atoms with Crippen LogP contribution in [0.15, 0.2) is 47.7 Å². The highest BCUT2D eigenvalue weighted by molar-refractivity contribution is 6.27. The Kier molecular flexibility index (Phi) is 2.23. The molecule has 0 fully saturated rings. The van der Waals surface area contributed by atoms with Gasteiger partial charge in [0, 0.05) is 11.1 Å². The molecule has 0 bridgehead atoms. The van der Waals surface area contributed by atoms with Gasteiger partial charge in [0.05, 0.1) is 5.57 Å². The summed E-state index contributed by atoms with van der Waals surface area (Å²) in [5, 5.41) is 9.67. The molecule has 0 saturated carbocycles. The van der Waals surface area contributed by atoms with Crippen LogP contribution in [-0.2, 0) is 0 Å². The molecule has 0 amide bonds. The van der Waals surface area contributed by atoms with Crippen molar-refractivity contribution in [3.05, 3.63) is 58.9 Å². The van der Waals surface area contributed by atoms with Crippen molar-refractivity contribution in [2.45, 2.75) is 6.92 Å². The van der Waals surface area contributed by atoms with Crippen LogP contribution in [0.4, 0.5) is 0 Å². The molecule has 80 valence electrons. The Bertz CT molecular complexity index is 550. The third-order valence-electron chi connectivity index (χ3n) is 2.52. The summed E-state index contributed by atoms with van der Waals surface area (Å²) in [7, 11) is 0. The van der Waals surface area contributed by atoms with Crippen LogP contribution in [0.3, 0.4) is 0 Å². The van der Waals surface area contributed by atoms with E-state index in [9.17, 15) is 14.7 Å². The number of ketones is 2. The first-order valence-corrected chi connectivity index (χ1v) is 4.81. The number of carbonyl (C=O) groups is 2. The largest absolute Gasteiger partial charge is 0.504 e. The first kappa shape index (κ1) is 10.4. The van der Waals surface area contributed by atoms with Gasteiger partial charge in [-0.3, -0.25) is 9.59 Å². The van der Waals surface area contributed by atoms with Crippen molar-refractivity contribution in [1.82, 2.24) is 0 Å². The summed E-state index contributed by atoms with van der Waals surface area (Å²) < 4.78 is 0. The first-order chi connectivity index (χ1) is 7.54. The first-order valence-electron chi connectivity index (χ1n) is 4.81. The molecule has 2 rings (SSSR count). The number of aliphatic hydroxyl groups is 1. The van der Waals surface area contributed by atoms with Crippen molar-refractivity contribution in [1.29, 1.82) is 0 Å². The molecule has 0 aromatic heterocycles. The van der Waals surface area contributed by atoms with Crippen LogP contribution in [0.25, 0.3) is 0 Å². The summed E-state index contributed by atoms with van der Waals surface area (Å²) in [4.78, 5) is 23.8. The lowest BCUT2D eigenvalue weighted by Gasteiger charge is -2.17. The zero-order valence-corrected chi connectivity index (χ0v) is 8.78. The van der Waals surface area contributed by atoms with Crippen molar-refractivity contribution in [3.8, 4) is 0 Å². The van der Waals surface area contributed by atoms with E-state index >= 15 is 0 Å². The molecular formula is C13H10O3. The van der Waals surface area contributed by atoms with Gasteiger partial charge in [-0.15, -0.1) is 0 Å². The van der Waals surface area contributed by atoms with Crippen LogP contribution in [0.5, 0.6) is 0 Å². The number of carbonyl (C=O) groups excluding carboxylic acids is 2. The predicted molar refractivity (Wildman–Crippen MR) is 59.6 cm³/mol. The van der Waals surface area contributed by atoms with Crippen molar-refractivity contribution >= 4 is 11.6 Å². The highest BCUT2D eigenvalue weighted by atomic mass is 16.3. The van der Waals surface area contributed by atoms with Gasteiger partial charge in [-0.1, -0.05) is 30.8 Å². The molecule has 3 nitrogen and oxygen atoms in total. The minimum absolute atomic E-state index is 0.0173. The van der Waals surface area contributed by atoms with Gasteiger partial charge in [0.15, 0.2) is 11.5 Å². The maximum atomic E-state index is 12.0. The monoisotopic (exact) mass is 214 g/mol. The molecule has 0 spiro atoms. The van der Waals surface area contributed by atoms with Gasteiger partial charge in [-0.25, -0.2) is 0 Å². The fraction of sp³-hybridized carbons (Fsp3) is 0.0769. The van der Waals surface area contributed by atoms with E-state index in [0.717, 1.165) is 0 Å². The average molecular weight is 214 g/mol. The number of aliphatic hydroxyl groups excluding tert-OH is 1. The van der Waals surface area contributed by atoms with E-state index in [-0.39, 0.29) is 16.9 Å². The maximum absolute atomic E-state index is 12.0. The van der Waals surface area contributed by atoms with Crippen LogP contribution in [0.2, 0.25) is 0 Å². The lowest BCUT2D eigenvalue weighted by molar-refractivity contribution is 0.0931. The summed E-state index contributed by atoms with van der Waals surface area (Å²) in [5.41, 5.74) is 0.979. The zero-order chi connectivity index (χ0) is 11.9. The number of benzene rings is 1. The molecule has 0 heterocycles. The van der Waals surface area contributed by atoms with Crippen LogP contribution in [0.1, 0.15) is 27.6 Å². The molecule has 1 N–H and O–H groups in total. The molecular weight excluding hydrogens is 204 g/mol. The molecule has 3 heteroatoms. The quantitative estimate of drug-likeness (QED) is 0.781. The topological polar surface area (TPSA) is 54.4 Å². The van der Waals surface area contributed by atoms with Gasteiger partial charge in [0.1, 0.15) is 0 Å². The van der Waals surface area contributed by atoms with E-state index in [1.165, 1.54) is 6.07 Å². The SMILES string of the molecule is C=C(C)C1=C(O)C(=O)c2ccccc2C1=O. The van der Waals surface area contributed by atoms with Gasteiger partial charge < -0.3 is 5.11 Å². The second kappa shape index (κ2) is 3.45. The number of Topliss-reactive ketones (excluding diaryl/α,β-unsaturated/α-hetero) is 2. The molecule has 0 aliphatic heterocycles. The average Bonchev–Trinajstić information content (AvgIpc) is 2.26. The fourth-order valence-corrected chi connectivity index (χ4v) is 1.76. The Morgan fingerprint density at radius 2 is 1.62 bits per heavy atom. The summed E-state index contributed by atoms with van der Waals surface area (Å²) >= 11 is 0. The smallest absolute Gasteiger partial charge is 0.228 e. The molecule has 1 aromatic carbocycles. The third-order valence-corrected chi connectivity index (χ3v) is 2.52. The van der Waals surface area contributed by atoms with E-state index in [4.69, 9.17) is 0 Å². The van der Waals surface area contributed by atoms with E-state index in [2.05, 4.69) is 6.58 Å². The van der Waals surface area contributed by atoms with Gasteiger partial charge in [0.25, 0.3) is 0 Å². The fourth-order valence-electron chi connectivity index (χ4n) is 1.76. The van der Waals surface area contributed by atoms with Crippen molar-refractivity contribution in [2.24, 2.45) is 0 Å². The summed E-state index contributed by atoms with van der Waals surface area (Å²) in [6.45, 7) is 5.18. The highest BCUT2D eigenvalue weighted by Crippen LogP contribution is 2.28. The van der Waals surface area contributed by atoms with Crippen LogP contribution < -0.4 is 0 Å². The second-order valence-corrected chi connectivity index (χ2v) is 3.71. The van der Waals surface area contributed by atoms with Gasteiger partial charge in [-0.05, 0) is 12.5 Å². The zero-order valence-electron chi connectivity index (χ0n) is 8.78. The third kappa shape index (κ3) is 1.29. The van der Waals surface area contributed by atoms with Gasteiger partial charge in [0.2, 0.25) is 5.78 Å². The minimum atomic E-state index is -0.520. The van der Waals surface area contributed by atoms with E-state index in [1.54, 1.807) is 25.1 Å². The Labute approximate surface area is 92.7 Å². The lowest BCUT2D eigenvalue weighted by atomic mass is 9.86. The number of hydrogen-bond donors (Lipinski definition) is 1. The van der Waals surface area contributed by atoms with Crippen molar-refractivity contribution in [3.63, 3.8) is 0 Å². The number of hydrogen-bond acceptors (Lipinski definition) is 3. The van der Waals surface area contributed by atoms with Crippen LogP contribution in [-0.4, -0.2) is 16.7 Å². The Hall–Kier alpha value is -2.16. The van der Waals surface area contributed by atoms with E-state index in [1.807, 2.05) is 0 Å². The predicted octanol–water partition coefficient (Wildman–Crippen LogP) is 2.45. The molecule has 1 aliphatic carbocycles. The molecule has 1 aromatic rings. The van der Waals surface area contributed by atoms with Gasteiger partial charge in [-0.2, -0.15) is 0 Å². The van der Waals surface area contributed by atoms with E-state index in [0.29, 0.717) is 11.1 Å². The number of fused-ring (bicyclic) bond motifs is 1. The Balaban J connectivity index is 2.73. The maximum Gasteiger partial charge on any atom is 0.228 e. The molecule has 0 unspecified atom stereocenters. The summed E-state index contributed by atoms with van der Waals surface area (Å²) in [6, 6.07) is 6.44. The normalized spacial score (nSPS) is 15.1. The molecule has 0 radical (unpaired) electrons. The standard InChI is InChI=1S/C13H10O3/c1-7(2)10-11(14)8-5-3-4-6-9(8)12(15)13(10)16/h3-6,16H,1H2,2H3. The molecule has 0 saturated heterocycles. The lowest BCUT2D eigenvalue weighted by Crippen LogP contribution is -2.22. The van der Waals surface area contributed by atoms with Crippen molar-refractivity contribution in [2.75, 3.05) is 0 Å². The Morgan fingerprint density at radius 1 is 1.12 bits per heavy atom. The molecule has 0 atom stereocenters. The van der Waals surface area contributed by atoms with E-state index < -0.39 is 11.5 Å². The molecule has 16 heavy (non-hydrogen) atoms. The van der Waals surface area contributed by atoms with Gasteiger partial charge >= 0.3 is 0 Å². The molecule has 1 aliphatic rings. The van der Waals surface area contributed by atoms with Crippen LogP contribution in [0, 0.1) is 0 Å². The minimum Gasteiger partial charge on any atom is -0.504 e. The summed E-state index contributed by atoms with van der Waals surface area (Å²) in [5.74, 6) is -1.37. The highest BCUT2D eigenvalue weighted by Gasteiger charge is 2.31. The van der Waals surface area contributed by atoms with Crippen molar-refractivity contribution < 1.29 is 14.7 Å². The second-order valence-electron chi connectivity index (χ2n) is 3.71. The number of rotatable bonds is 1. The summed E-state index contributed by atoms with van der Waals surface area (Å²) in [6.07, 6.45) is 0. The number of allylic oxidation sites excluding steroid dienone is 3. The Morgan fingerprint density at radius 3 is 2.12 bits per heavy atom.